The maximum Gasteiger partial charge on any atom is 0.221 e. The van der Waals surface area contributed by atoms with Crippen LogP contribution in [0.25, 0.3) is 11.0 Å². The van der Waals surface area contributed by atoms with E-state index >= 15 is 0 Å². The van der Waals surface area contributed by atoms with Crippen LogP contribution < -0.4 is 10.6 Å². The van der Waals surface area contributed by atoms with E-state index in [1.54, 1.807) is 10.9 Å². The van der Waals surface area contributed by atoms with E-state index < -0.39 is 0 Å². The molecule has 2 aromatic heterocycles. The summed E-state index contributed by atoms with van der Waals surface area (Å²) in [7, 11) is 0. The normalized spacial score (nSPS) is 10.8. The van der Waals surface area contributed by atoms with Crippen molar-refractivity contribution in [1.29, 1.82) is 0 Å². The number of alkyl halides is 1. The largest absolute Gasteiger partial charge is 0.369 e. The number of fused-ring (bicyclic) bond motifs is 1. The van der Waals surface area contributed by atoms with E-state index in [2.05, 4.69) is 32.6 Å². The quantitative estimate of drug-likeness (QED) is 0.720. The first-order chi connectivity index (χ1) is 10.3. The van der Waals surface area contributed by atoms with Crippen LogP contribution in [-0.2, 0) is 11.3 Å². The predicted octanol–water partition coefficient (Wildman–Crippen LogP) is 1.39. The summed E-state index contributed by atoms with van der Waals surface area (Å²) in [4.78, 5) is 19.8. The molecule has 21 heavy (non-hydrogen) atoms. The highest BCUT2D eigenvalue weighted by atomic mass is 35.5. The van der Waals surface area contributed by atoms with Gasteiger partial charge in [0.05, 0.1) is 18.1 Å². The average molecular weight is 311 g/mol. The van der Waals surface area contributed by atoms with Crippen LogP contribution in [0, 0.1) is 0 Å². The molecule has 0 aromatic carbocycles. The van der Waals surface area contributed by atoms with E-state index in [1.807, 2.05) is 0 Å². The highest BCUT2D eigenvalue weighted by molar-refractivity contribution is 6.18. The Balaban J connectivity index is 2.02. The Morgan fingerprint density at radius 1 is 1.38 bits per heavy atom. The molecule has 0 spiro atoms. The molecule has 0 fully saturated rings. The number of aromatic nitrogens is 4. The summed E-state index contributed by atoms with van der Waals surface area (Å²) in [5, 5.41) is 11.2. The molecular formula is C13H19ClN6O. The maximum absolute atomic E-state index is 11.3. The van der Waals surface area contributed by atoms with E-state index in [0.717, 1.165) is 29.8 Å². The molecule has 0 aliphatic heterocycles. The van der Waals surface area contributed by atoms with Crippen molar-refractivity contribution in [2.75, 3.05) is 24.3 Å². The Morgan fingerprint density at radius 2 is 2.24 bits per heavy atom. The molecular weight excluding hydrogens is 292 g/mol. The Hall–Kier alpha value is -1.89. The summed E-state index contributed by atoms with van der Waals surface area (Å²) in [5.41, 5.74) is 0.759. The smallest absolute Gasteiger partial charge is 0.221 e. The van der Waals surface area contributed by atoms with Gasteiger partial charge >= 0.3 is 0 Å². The number of hydrogen-bond acceptors (Lipinski definition) is 5. The number of amides is 1. The molecule has 2 heterocycles. The summed E-state index contributed by atoms with van der Waals surface area (Å²) >= 11 is 5.51. The van der Waals surface area contributed by atoms with Gasteiger partial charge in [0.15, 0.2) is 5.65 Å². The van der Waals surface area contributed by atoms with E-state index in [0.29, 0.717) is 25.4 Å². The molecule has 2 N–H and O–H groups in total. The van der Waals surface area contributed by atoms with Gasteiger partial charge in [-0.3, -0.25) is 4.79 Å². The minimum absolute atomic E-state index is 0.0543. The van der Waals surface area contributed by atoms with Crippen LogP contribution in [0.2, 0.25) is 0 Å². The van der Waals surface area contributed by atoms with Crippen molar-refractivity contribution in [1.82, 2.24) is 25.1 Å². The van der Waals surface area contributed by atoms with Crippen molar-refractivity contribution < 1.29 is 4.79 Å². The molecule has 0 saturated heterocycles. The highest BCUT2D eigenvalue weighted by Crippen LogP contribution is 2.18. The van der Waals surface area contributed by atoms with Crippen molar-refractivity contribution >= 4 is 34.4 Å². The van der Waals surface area contributed by atoms with Gasteiger partial charge in [0, 0.05) is 25.4 Å². The Bertz CT molecular complexity index is 599. The Kier molecular flexibility index (Phi) is 5.74. The molecule has 7 nitrogen and oxygen atoms in total. The van der Waals surface area contributed by atoms with Gasteiger partial charge in [-0.2, -0.15) is 5.10 Å². The predicted molar refractivity (Wildman–Crippen MR) is 82.5 cm³/mol. The lowest BCUT2D eigenvalue weighted by Crippen LogP contribution is -2.27. The molecule has 0 atom stereocenters. The van der Waals surface area contributed by atoms with Crippen LogP contribution in [0.1, 0.15) is 19.8 Å². The molecule has 0 unspecified atom stereocenters. The molecule has 0 bridgehead atoms. The fourth-order valence-corrected chi connectivity index (χ4v) is 2.09. The van der Waals surface area contributed by atoms with Gasteiger partial charge in [0.25, 0.3) is 0 Å². The second-order valence-corrected chi connectivity index (χ2v) is 4.92. The summed E-state index contributed by atoms with van der Waals surface area (Å²) in [6, 6.07) is 0. The molecule has 2 aromatic rings. The zero-order chi connectivity index (χ0) is 15.1. The van der Waals surface area contributed by atoms with Crippen molar-refractivity contribution in [3.8, 4) is 0 Å². The van der Waals surface area contributed by atoms with E-state index in [4.69, 9.17) is 11.6 Å². The van der Waals surface area contributed by atoms with Gasteiger partial charge in [0.2, 0.25) is 5.91 Å². The maximum atomic E-state index is 11.3. The Labute approximate surface area is 128 Å². The molecule has 0 aliphatic rings. The zero-order valence-corrected chi connectivity index (χ0v) is 12.7. The number of nitrogens with one attached hydrogen (secondary N) is 2. The molecule has 0 radical (unpaired) electrons. The van der Waals surface area contributed by atoms with E-state index in [9.17, 15) is 4.79 Å². The minimum atomic E-state index is -0.0543. The van der Waals surface area contributed by atoms with Gasteiger partial charge < -0.3 is 10.6 Å². The monoisotopic (exact) mass is 310 g/mol. The van der Waals surface area contributed by atoms with Crippen molar-refractivity contribution in [2.24, 2.45) is 0 Å². The van der Waals surface area contributed by atoms with Gasteiger partial charge in [-0.25, -0.2) is 14.6 Å². The SMILES string of the molecule is CCCNc1ncnc2c1cnn2CCNC(=O)CCCl. The standard InChI is InChI=1S/C13H19ClN6O/c1-2-5-16-12-10-8-19-20(13(10)18-9-17-12)7-6-15-11(21)3-4-14/h8-9H,2-7H2,1H3,(H,15,21)(H,16,17,18). The van der Waals surface area contributed by atoms with Crippen molar-refractivity contribution in [3.05, 3.63) is 12.5 Å². The minimum Gasteiger partial charge on any atom is -0.369 e. The number of rotatable bonds is 8. The van der Waals surface area contributed by atoms with Crippen LogP contribution in [0.5, 0.6) is 0 Å². The van der Waals surface area contributed by atoms with E-state index in [-0.39, 0.29) is 5.91 Å². The van der Waals surface area contributed by atoms with Crippen LogP contribution in [0.15, 0.2) is 12.5 Å². The summed E-state index contributed by atoms with van der Waals surface area (Å²) < 4.78 is 1.76. The van der Waals surface area contributed by atoms with Gasteiger partial charge in [-0.15, -0.1) is 11.6 Å². The molecule has 1 amide bonds. The highest BCUT2D eigenvalue weighted by Gasteiger charge is 2.09. The fraction of sp³-hybridized carbons (Fsp3) is 0.538. The van der Waals surface area contributed by atoms with E-state index in [1.165, 1.54) is 6.33 Å². The molecule has 0 saturated carbocycles. The second-order valence-electron chi connectivity index (χ2n) is 4.54. The summed E-state index contributed by atoms with van der Waals surface area (Å²) in [5.74, 6) is 1.07. The lowest BCUT2D eigenvalue weighted by molar-refractivity contribution is -0.120. The van der Waals surface area contributed by atoms with Crippen LogP contribution in [0.4, 0.5) is 5.82 Å². The number of halogens is 1. The van der Waals surface area contributed by atoms with Crippen LogP contribution in [-0.4, -0.2) is 44.6 Å². The zero-order valence-electron chi connectivity index (χ0n) is 12.0. The third kappa shape index (κ3) is 4.04. The fourth-order valence-electron chi connectivity index (χ4n) is 1.92. The average Bonchev–Trinajstić information content (AvgIpc) is 2.89. The first-order valence-corrected chi connectivity index (χ1v) is 7.52. The van der Waals surface area contributed by atoms with Crippen molar-refractivity contribution in [2.45, 2.75) is 26.3 Å². The Morgan fingerprint density at radius 3 is 3.00 bits per heavy atom. The third-order valence-electron chi connectivity index (χ3n) is 2.94. The molecule has 0 aliphatic carbocycles. The number of carbonyl (C=O) groups excluding carboxylic acids is 1. The lowest BCUT2D eigenvalue weighted by Gasteiger charge is -2.06. The number of anilines is 1. The first-order valence-electron chi connectivity index (χ1n) is 6.99. The number of hydrogen-bond donors (Lipinski definition) is 2. The molecule has 8 heteroatoms. The van der Waals surface area contributed by atoms with Gasteiger partial charge in [-0.1, -0.05) is 6.92 Å². The number of nitrogens with zero attached hydrogens (tertiary/aromatic N) is 4. The summed E-state index contributed by atoms with van der Waals surface area (Å²) in [6.45, 7) is 4.00. The topological polar surface area (TPSA) is 84.7 Å². The first kappa shape index (κ1) is 15.5. The summed E-state index contributed by atoms with van der Waals surface area (Å²) in [6.07, 6.45) is 4.61. The van der Waals surface area contributed by atoms with Gasteiger partial charge in [0.1, 0.15) is 12.1 Å². The number of carbonyl (C=O) groups is 1. The van der Waals surface area contributed by atoms with Gasteiger partial charge in [-0.05, 0) is 6.42 Å². The second kappa shape index (κ2) is 7.78. The van der Waals surface area contributed by atoms with Crippen LogP contribution >= 0.6 is 11.6 Å². The van der Waals surface area contributed by atoms with Crippen LogP contribution in [0.3, 0.4) is 0 Å². The van der Waals surface area contributed by atoms with Crippen molar-refractivity contribution in [3.63, 3.8) is 0 Å². The lowest BCUT2D eigenvalue weighted by atomic mass is 10.3. The third-order valence-corrected chi connectivity index (χ3v) is 3.13. The molecule has 2 rings (SSSR count). The molecule has 114 valence electrons.